The van der Waals surface area contributed by atoms with E-state index in [1.165, 1.54) is 22.5 Å². The van der Waals surface area contributed by atoms with Gasteiger partial charge in [0.05, 0.1) is 28.7 Å². The number of rotatable bonds is 3. The lowest BCUT2D eigenvalue weighted by Crippen LogP contribution is -2.41. The molecule has 8 heteroatoms. The largest absolute Gasteiger partial charge is 0.379 e. The summed E-state index contributed by atoms with van der Waals surface area (Å²) < 4.78 is 32.2. The number of hydrogen-bond acceptors (Lipinski definition) is 4. The molecule has 138 valence electrons. The average molecular weight is 387 g/mol. The van der Waals surface area contributed by atoms with Crippen LogP contribution < -0.4 is 0 Å². The Bertz CT molecular complexity index is 739. The summed E-state index contributed by atoms with van der Waals surface area (Å²) in [4.78, 5) is 14.7. The summed E-state index contributed by atoms with van der Waals surface area (Å²) in [5, 5.41) is 0.282. The third-order valence-corrected chi connectivity index (χ3v) is 7.07. The van der Waals surface area contributed by atoms with E-state index in [-0.39, 0.29) is 21.4 Å². The van der Waals surface area contributed by atoms with Crippen molar-refractivity contribution in [2.45, 2.75) is 24.7 Å². The number of piperidine rings is 1. The molecule has 0 atom stereocenters. The van der Waals surface area contributed by atoms with Crippen molar-refractivity contribution in [2.24, 2.45) is 5.92 Å². The van der Waals surface area contributed by atoms with Crippen molar-refractivity contribution in [3.63, 3.8) is 0 Å². The fourth-order valence-electron chi connectivity index (χ4n) is 3.15. The highest BCUT2D eigenvalue weighted by molar-refractivity contribution is 7.89. The van der Waals surface area contributed by atoms with Gasteiger partial charge in [-0.3, -0.25) is 4.79 Å². The molecule has 2 fully saturated rings. The number of carbonyl (C=O) groups is 1. The molecule has 2 aliphatic rings. The molecule has 2 heterocycles. The Labute approximate surface area is 153 Å². The van der Waals surface area contributed by atoms with Crippen molar-refractivity contribution in [2.75, 3.05) is 39.4 Å². The molecule has 1 amide bonds. The second kappa shape index (κ2) is 7.61. The van der Waals surface area contributed by atoms with Crippen molar-refractivity contribution in [1.29, 1.82) is 0 Å². The summed E-state index contributed by atoms with van der Waals surface area (Å²) in [7, 11) is -3.65. The van der Waals surface area contributed by atoms with Gasteiger partial charge in [0.1, 0.15) is 0 Å². The lowest BCUT2D eigenvalue weighted by atomic mass is 9.98. The molecule has 0 spiro atoms. The van der Waals surface area contributed by atoms with Gasteiger partial charge in [0.25, 0.3) is 5.91 Å². The van der Waals surface area contributed by atoms with E-state index in [0.29, 0.717) is 45.3 Å². The fraction of sp³-hybridized carbons (Fsp3) is 0.588. The molecule has 0 N–H and O–H groups in total. The summed E-state index contributed by atoms with van der Waals surface area (Å²) in [6.45, 7) is 4.92. The highest BCUT2D eigenvalue weighted by Gasteiger charge is 2.29. The number of halogens is 1. The molecule has 0 unspecified atom stereocenters. The maximum absolute atomic E-state index is 12.8. The number of likely N-dealkylation sites (tertiary alicyclic amines) is 1. The van der Waals surface area contributed by atoms with Crippen molar-refractivity contribution in [3.05, 3.63) is 28.8 Å². The fourth-order valence-corrected chi connectivity index (χ4v) is 4.78. The maximum Gasteiger partial charge on any atom is 0.255 e. The van der Waals surface area contributed by atoms with Crippen LogP contribution in [0.1, 0.15) is 30.1 Å². The van der Waals surface area contributed by atoms with Crippen LogP contribution in [0.5, 0.6) is 0 Å². The molecule has 2 aliphatic heterocycles. The smallest absolute Gasteiger partial charge is 0.255 e. The highest BCUT2D eigenvalue weighted by Crippen LogP contribution is 2.26. The summed E-state index contributed by atoms with van der Waals surface area (Å²) in [5.74, 6) is 0.406. The first-order valence-electron chi connectivity index (χ1n) is 8.56. The zero-order valence-electron chi connectivity index (χ0n) is 14.3. The van der Waals surface area contributed by atoms with E-state index in [2.05, 4.69) is 6.92 Å². The van der Waals surface area contributed by atoms with Gasteiger partial charge in [-0.05, 0) is 37.0 Å². The van der Waals surface area contributed by atoms with Crippen LogP contribution in [0.2, 0.25) is 5.02 Å². The topological polar surface area (TPSA) is 66.9 Å². The first-order valence-corrected chi connectivity index (χ1v) is 10.4. The number of carbonyl (C=O) groups excluding carboxylic acids is 1. The van der Waals surface area contributed by atoms with Crippen molar-refractivity contribution in [3.8, 4) is 0 Å². The Kier molecular flexibility index (Phi) is 5.68. The van der Waals surface area contributed by atoms with Gasteiger partial charge in [0.15, 0.2) is 0 Å². The number of benzene rings is 1. The second-order valence-corrected chi connectivity index (χ2v) is 8.98. The van der Waals surface area contributed by atoms with E-state index < -0.39 is 10.0 Å². The molecule has 0 bridgehead atoms. The highest BCUT2D eigenvalue weighted by atomic mass is 35.5. The zero-order valence-corrected chi connectivity index (χ0v) is 15.9. The lowest BCUT2D eigenvalue weighted by Gasteiger charge is -2.31. The predicted octanol–water partition coefficient (Wildman–Crippen LogP) is 2.23. The molecule has 0 saturated carbocycles. The van der Waals surface area contributed by atoms with Crippen LogP contribution in [0.4, 0.5) is 0 Å². The number of sulfonamides is 1. The third-order valence-electron chi connectivity index (χ3n) is 4.85. The predicted molar refractivity (Wildman–Crippen MR) is 95.3 cm³/mol. The van der Waals surface area contributed by atoms with E-state index >= 15 is 0 Å². The standard InChI is InChI=1S/C17H23ClN2O4S/c1-13-4-6-19(7-5-13)17(21)15-12-14(2-3-16(15)18)25(22,23)20-8-10-24-11-9-20/h2-3,12-13H,4-11H2,1H3. The maximum atomic E-state index is 12.8. The molecular weight excluding hydrogens is 364 g/mol. The van der Waals surface area contributed by atoms with Crippen molar-refractivity contribution < 1.29 is 17.9 Å². The Hall–Kier alpha value is -1.15. The molecular formula is C17H23ClN2O4S. The van der Waals surface area contributed by atoms with E-state index in [1.807, 2.05) is 0 Å². The van der Waals surface area contributed by atoms with Crippen LogP contribution in [0.3, 0.4) is 0 Å². The van der Waals surface area contributed by atoms with Gasteiger partial charge in [-0.15, -0.1) is 0 Å². The summed E-state index contributed by atoms with van der Waals surface area (Å²) in [6, 6.07) is 4.37. The Morgan fingerprint density at radius 1 is 1.16 bits per heavy atom. The molecule has 1 aromatic carbocycles. The number of hydrogen-bond donors (Lipinski definition) is 0. The number of nitrogens with zero attached hydrogens (tertiary/aromatic N) is 2. The van der Waals surface area contributed by atoms with Gasteiger partial charge in [-0.1, -0.05) is 18.5 Å². The lowest BCUT2D eigenvalue weighted by molar-refractivity contribution is 0.0696. The molecule has 0 aromatic heterocycles. The van der Waals surface area contributed by atoms with E-state index in [4.69, 9.17) is 16.3 Å². The molecule has 0 radical (unpaired) electrons. The van der Waals surface area contributed by atoms with Crippen LogP contribution in [-0.2, 0) is 14.8 Å². The van der Waals surface area contributed by atoms with Gasteiger partial charge in [-0.2, -0.15) is 4.31 Å². The monoisotopic (exact) mass is 386 g/mol. The van der Waals surface area contributed by atoms with Crippen LogP contribution in [-0.4, -0.2) is 62.9 Å². The van der Waals surface area contributed by atoms with Crippen LogP contribution in [0.15, 0.2) is 23.1 Å². The van der Waals surface area contributed by atoms with E-state index in [0.717, 1.165) is 12.8 Å². The quantitative estimate of drug-likeness (QED) is 0.799. The summed E-state index contributed by atoms with van der Waals surface area (Å²) in [5.41, 5.74) is 0.255. The SMILES string of the molecule is CC1CCN(C(=O)c2cc(S(=O)(=O)N3CCOCC3)ccc2Cl)CC1. The van der Waals surface area contributed by atoms with Gasteiger partial charge >= 0.3 is 0 Å². The summed E-state index contributed by atoms with van der Waals surface area (Å²) in [6.07, 6.45) is 1.91. The summed E-state index contributed by atoms with van der Waals surface area (Å²) >= 11 is 6.20. The average Bonchev–Trinajstić information content (AvgIpc) is 2.63. The van der Waals surface area contributed by atoms with Crippen molar-refractivity contribution in [1.82, 2.24) is 9.21 Å². The minimum Gasteiger partial charge on any atom is -0.379 e. The Morgan fingerprint density at radius 3 is 2.44 bits per heavy atom. The molecule has 6 nitrogen and oxygen atoms in total. The van der Waals surface area contributed by atoms with Crippen molar-refractivity contribution >= 4 is 27.5 Å². The first-order chi connectivity index (χ1) is 11.9. The second-order valence-electron chi connectivity index (χ2n) is 6.63. The van der Waals surface area contributed by atoms with Gasteiger partial charge in [0, 0.05) is 26.2 Å². The zero-order chi connectivity index (χ0) is 18.0. The molecule has 3 rings (SSSR count). The number of ether oxygens (including phenoxy) is 1. The minimum atomic E-state index is -3.65. The molecule has 1 aromatic rings. The molecule has 25 heavy (non-hydrogen) atoms. The van der Waals surface area contributed by atoms with E-state index in [9.17, 15) is 13.2 Å². The molecule has 0 aliphatic carbocycles. The van der Waals surface area contributed by atoms with Crippen LogP contribution >= 0.6 is 11.6 Å². The molecule has 2 saturated heterocycles. The van der Waals surface area contributed by atoms with Gasteiger partial charge < -0.3 is 9.64 Å². The normalized spacial score (nSPS) is 20.6. The van der Waals surface area contributed by atoms with Crippen LogP contribution in [0.25, 0.3) is 0 Å². The third kappa shape index (κ3) is 4.00. The number of amides is 1. The van der Waals surface area contributed by atoms with Gasteiger partial charge in [0.2, 0.25) is 10.0 Å². The Balaban J connectivity index is 1.86. The van der Waals surface area contributed by atoms with E-state index in [1.54, 1.807) is 4.90 Å². The first kappa shape index (κ1) is 18.6. The minimum absolute atomic E-state index is 0.104. The van der Waals surface area contributed by atoms with Crippen LogP contribution in [0, 0.1) is 5.92 Å². The van der Waals surface area contributed by atoms with Gasteiger partial charge in [-0.25, -0.2) is 8.42 Å². The number of morpholine rings is 1. The Morgan fingerprint density at radius 2 is 1.80 bits per heavy atom.